The van der Waals surface area contributed by atoms with Crippen molar-refractivity contribution < 1.29 is 4.74 Å². The summed E-state index contributed by atoms with van der Waals surface area (Å²) >= 11 is 0. The van der Waals surface area contributed by atoms with E-state index in [1.165, 1.54) is 6.21 Å². The Morgan fingerprint density at radius 1 is 1.55 bits per heavy atom. The van der Waals surface area contributed by atoms with E-state index in [1.54, 1.807) is 19.4 Å². The number of nitrogens with two attached hydrogens (primary N) is 1. The molecule has 1 saturated heterocycles. The Kier molecular flexibility index (Phi) is 4.95. The zero-order valence-corrected chi connectivity index (χ0v) is 11.6. The highest BCUT2D eigenvalue weighted by atomic mass is 16.5. The van der Waals surface area contributed by atoms with Crippen LogP contribution in [0, 0.1) is 5.41 Å². The van der Waals surface area contributed by atoms with Gasteiger partial charge in [-0.05, 0) is 32.0 Å². The van der Waals surface area contributed by atoms with E-state index in [1.807, 2.05) is 6.20 Å². The van der Waals surface area contributed by atoms with Crippen molar-refractivity contribution in [3.05, 3.63) is 24.0 Å². The van der Waals surface area contributed by atoms with E-state index in [0.717, 1.165) is 37.1 Å². The van der Waals surface area contributed by atoms with Crippen molar-refractivity contribution in [2.75, 3.05) is 25.9 Å². The molecule has 0 bridgehead atoms. The molecule has 2 rings (SSSR count). The molecule has 1 fully saturated rings. The summed E-state index contributed by atoms with van der Waals surface area (Å²) in [7, 11) is 1.55. The number of piperidine rings is 1. The molecule has 1 aromatic heterocycles. The fourth-order valence-electron chi connectivity index (χ4n) is 2.18. The molecule has 0 amide bonds. The minimum absolute atomic E-state index is 0.354. The van der Waals surface area contributed by atoms with E-state index in [4.69, 9.17) is 15.9 Å². The fraction of sp³-hybridized carbons (Fsp3) is 0.429. The average Bonchev–Trinajstić information content (AvgIpc) is 2.50. The topological polar surface area (TPSA) is 96.0 Å². The van der Waals surface area contributed by atoms with Crippen molar-refractivity contribution in [2.45, 2.75) is 18.9 Å². The smallest absolute Gasteiger partial charge is 0.166 e. The van der Waals surface area contributed by atoms with Gasteiger partial charge in [-0.1, -0.05) is 0 Å². The minimum atomic E-state index is 0.354. The summed E-state index contributed by atoms with van der Waals surface area (Å²) in [5.74, 6) is 0.879. The Morgan fingerprint density at radius 3 is 2.95 bits per heavy atom. The highest BCUT2D eigenvalue weighted by Crippen LogP contribution is 2.22. The zero-order valence-electron chi connectivity index (χ0n) is 11.6. The summed E-state index contributed by atoms with van der Waals surface area (Å²) in [6.45, 7) is 2.06. The van der Waals surface area contributed by atoms with E-state index in [0.29, 0.717) is 17.6 Å². The first-order valence-electron chi connectivity index (χ1n) is 6.72. The Bertz CT molecular complexity index is 494. The van der Waals surface area contributed by atoms with Crippen LogP contribution >= 0.6 is 0 Å². The molecular formula is C14H21N5O. The van der Waals surface area contributed by atoms with Gasteiger partial charge in [0.25, 0.3) is 0 Å². The summed E-state index contributed by atoms with van der Waals surface area (Å²) in [6.07, 6.45) is 7.01. The third-order valence-corrected chi connectivity index (χ3v) is 3.40. The van der Waals surface area contributed by atoms with Gasteiger partial charge >= 0.3 is 0 Å². The molecule has 2 heterocycles. The monoisotopic (exact) mass is 275 g/mol. The second-order valence-electron chi connectivity index (χ2n) is 4.75. The molecule has 5 N–H and O–H groups in total. The van der Waals surface area contributed by atoms with Crippen LogP contribution in [-0.2, 0) is 0 Å². The summed E-state index contributed by atoms with van der Waals surface area (Å²) in [5.41, 5.74) is 7.27. The number of rotatable bonds is 5. The van der Waals surface area contributed by atoms with Crippen LogP contribution in [0.2, 0.25) is 0 Å². The van der Waals surface area contributed by atoms with Crippen LogP contribution in [0.1, 0.15) is 18.4 Å². The third kappa shape index (κ3) is 3.48. The molecule has 6 nitrogen and oxygen atoms in total. The number of nitrogens with one attached hydrogen (secondary N) is 3. The number of hydrogen-bond donors (Lipinski definition) is 4. The summed E-state index contributed by atoms with van der Waals surface area (Å²) in [4.78, 5) is 4.08. The van der Waals surface area contributed by atoms with Gasteiger partial charge in [0.2, 0.25) is 0 Å². The van der Waals surface area contributed by atoms with Gasteiger partial charge in [-0.15, -0.1) is 0 Å². The lowest BCUT2D eigenvalue weighted by Crippen LogP contribution is -2.37. The van der Waals surface area contributed by atoms with E-state index in [9.17, 15) is 0 Å². The van der Waals surface area contributed by atoms with Gasteiger partial charge in [0, 0.05) is 35.8 Å². The Balaban J connectivity index is 2.12. The number of hydrogen-bond acceptors (Lipinski definition) is 6. The highest BCUT2D eigenvalue weighted by Gasteiger charge is 2.11. The van der Waals surface area contributed by atoms with E-state index in [-0.39, 0.29) is 0 Å². The minimum Gasteiger partial charge on any atom is -0.493 e. The SMILES string of the molecule is COc1cc(/C(C=N)=C/NC2CCNCC2)cnc1N. The molecule has 0 saturated carbocycles. The van der Waals surface area contributed by atoms with Crippen LogP contribution in [0.25, 0.3) is 5.57 Å². The lowest BCUT2D eigenvalue weighted by Gasteiger charge is -2.23. The van der Waals surface area contributed by atoms with Crippen LogP contribution in [0.3, 0.4) is 0 Å². The standard InChI is InChI=1S/C14H21N5O/c1-20-13-6-10(8-19-14(13)16)11(7-15)9-18-12-2-4-17-5-3-12/h6-9,12,15,17-18H,2-5H2,1H3,(H2,16,19)/b11-9+,15-7?. The lowest BCUT2D eigenvalue weighted by molar-refractivity contribution is 0.415. The summed E-state index contributed by atoms with van der Waals surface area (Å²) in [5, 5.41) is 14.2. The maximum absolute atomic E-state index is 7.55. The largest absolute Gasteiger partial charge is 0.493 e. The van der Waals surface area contributed by atoms with Crippen LogP contribution in [-0.4, -0.2) is 37.4 Å². The van der Waals surface area contributed by atoms with Crippen molar-refractivity contribution >= 4 is 17.6 Å². The van der Waals surface area contributed by atoms with Crippen molar-refractivity contribution in [1.29, 1.82) is 5.41 Å². The average molecular weight is 275 g/mol. The predicted octanol–water partition coefficient (Wildman–Crippen LogP) is 1.00. The maximum atomic E-state index is 7.55. The van der Waals surface area contributed by atoms with Crippen LogP contribution in [0.5, 0.6) is 5.75 Å². The second-order valence-corrected chi connectivity index (χ2v) is 4.75. The molecule has 1 aliphatic heterocycles. The van der Waals surface area contributed by atoms with E-state index < -0.39 is 0 Å². The fourth-order valence-corrected chi connectivity index (χ4v) is 2.18. The number of anilines is 1. The zero-order chi connectivity index (χ0) is 14.4. The molecule has 20 heavy (non-hydrogen) atoms. The van der Waals surface area contributed by atoms with Crippen molar-refractivity contribution in [2.24, 2.45) is 0 Å². The molecule has 1 aromatic rings. The van der Waals surface area contributed by atoms with Crippen molar-refractivity contribution in [3.63, 3.8) is 0 Å². The second kappa shape index (κ2) is 6.91. The van der Waals surface area contributed by atoms with Gasteiger partial charge in [-0.25, -0.2) is 4.98 Å². The first-order chi connectivity index (χ1) is 9.74. The quantitative estimate of drug-likeness (QED) is 0.601. The number of ether oxygens (including phenoxy) is 1. The molecular weight excluding hydrogens is 254 g/mol. The molecule has 0 aliphatic carbocycles. The van der Waals surface area contributed by atoms with Crippen molar-refractivity contribution in [3.8, 4) is 5.75 Å². The first-order valence-corrected chi connectivity index (χ1v) is 6.72. The normalized spacial score (nSPS) is 16.8. The Hall–Kier alpha value is -2.08. The first kappa shape index (κ1) is 14.3. The Labute approximate surface area is 118 Å². The van der Waals surface area contributed by atoms with Gasteiger partial charge in [-0.2, -0.15) is 0 Å². The summed E-state index contributed by atoms with van der Waals surface area (Å²) in [6, 6.07) is 2.25. The van der Waals surface area contributed by atoms with Gasteiger partial charge in [0.1, 0.15) is 0 Å². The Morgan fingerprint density at radius 2 is 2.30 bits per heavy atom. The summed E-state index contributed by atoms with van der Waals surface area (Å²) < 4.78 is 5.16. The van der Waals surface area contributed by atoms with Gasteiger partial charge < -0.3 is 26.5 Å². The number of allylic oxidation sites excluding steroid dienone is 1. The third-order valence-electron chi connectivity index (χ3n) is 3.40. The van der Waals surface area contributed by atoms with E-state index >= 15 is 0 Å². The molecule has 6 heteroatoms. The van der Waals surface area contributed by atoms with E-state index in [2.05, 4.69) is 15.6 Å². The molecule has 0 unspecified atom stereocenters. The van der Waals surface area contributed by atoms with Crippen molar-refractivity contribution in [1.82, 2.24) is 15.6 Å². The molecule has 0 atom stereocenters. The maximum Gasteiger partial charge on any atom is 0.166 e. The van der Waals surface area contributed by atoms with Crippen LogP contribution in [0.15, 0.2) is 18.5 Å². The predicted molar refractivity (Wildman–Crippen MR) is 81.0 cm³/mol. The number of pyridine rings is 1. The molecule has 1 aliphatic rings. The van der Waals surface area contributed by atoms with Crippen LogP contribution in [0.4, 0.5) is 5.82 Å². The molecule has 0 spiro atoms. The van der Waals surface area contributed by atoms with Gasteiger partial charge in [-0.3, -0.25) is 0 Å². The number of aromatic nitrogens is 1. The molecule has 0 aromatic carbocycles. The van der Waals surface area contributed by atoms with Gasteiger partial charge in [0.05, 0.1) is 7.11 Å². The lowest BCUT2D eigenvalue weighted by atomic mass is 10.1. The molecule has 108 valence electrons. The van der Waals surface area contributed by atoms with Gasteiger partial charge in [0.15, 0.2) is 11.6 Å². The number of nitrogens with zero attached hydrogens (tertiary/aromatic N) is 1. The molecule has 0 radical (unpaired) electrons. The van der Waals surface area contributed by atoms with Crippen LogP contribution < -0.4 is 21.1 Å². The highest BCUT2D eigenvalue weighted by molar-refractivity contribution is 6.08. The number of methoxy groups -OCH3 is 1. The number of nitrogen functional groups attached to an aromatic ring is 1.